The van der Waals surface area contributed by atoms with Crippen molar-refractivity contribution < 1.29 is 4.74 Å². The molecule has 2 aliphatic rings. The predicted molar refractivity (Wildman–Crippen MR) is 58.3 cm³/mol. The van der Waals surface area contributed by atoms with Crippen LogP contribution in [0, 0.1) is 17.8 Å². The first-order valence-corrected chi connectivity index (χ1v) is 6.16. The molecule has 1 N–H and O–H groups in total. The molecule has 2 aliphatic heterocycles. The number of piperidine rings is 1. The summed E-state index contributed by atoms with van der Waals surface area (Å²) in [6, 6.07) is 0. The summed E-state index contributed by atoms with van der Waals surface area (Å²) in [4.78, 5) is 0. The highest BCUT2D eigenvalue weighted by atomic mass is 16.5. The molecule has 0 bridgehead atoms. The van der Waals surface area contributed by atoms with E-state index >= 15 is 0 Å². The number of ether oxygens (including phenoxy) is 1. The van der Waals surface area contributed by atoms with E-state index in [-0.39, 0.29) is 0 Å². The minimum absolute atomic E-state index is 0.840. The Morgan fingerprint density at radius 3 is 2.57 bits per heavy atom. The van der Waals surface area contributed by atoms with E-state index in [2.05, 4.69) is 12.2 Å². The molecule has 0 aromatic rings. The van der Waals surface area contributed by atoms with Gasteiger partial charge in [-0.3, -0.25) is 0 Å². The Morgan fingerprint density at radius 1 is 1.14 bits per heavy atom. The summed E-state index contributed by atoms with van der Waals surface area (Å²) in [5, 5.41) is 3.44. The lowest BCUT2D eigenvalue weighted by Crippen LogP contribution is -2.35. The zero-order chi connectivity index (χ0) is 9.80. The van der Waals surface area contributed by atoms with Crippen molar-refractivity contribution in [2.75, 3.05) is 26.3 Å². The maximum Gasteiger partial charge on any atom is 0.0496 e. The predicted octanol–water partition coefficient (Wildman–Crippen LogP) is 2.05. The van der Waals surface area contributed by atoms with Crippen molar-refractivity contribution in [1.82, 2.24) is 5.32 Å². The van der Waals surface area contributed by atoms with Gasteiger partial charge in [-0.1, -0.05) is 6.92 Å². The normalized spacial score (nSPS) is 32.8. The van der Waals surface area contributed by atoms with Gasteiger partial charge in [-0.2, -0.15) is 0 Å². The van der Waals surface area contributed by atoms with E-state index in [1.165, 1.54) is 38.8 Å². The van der Waals surface area contributed by atoms with Crippen LogP contribution in [0.15, 0.2) is 0 Å². The first kappa shape index (κ1) is 10.4. The summed E-state index contributed by atoms with van der Waals surface area (Å²) < 4.78 is 5.58. The van der Waals surface area contributed by atoms with Crippen LogP contribution >= 0.6 is 0 Å². The van der Waals surface area contributed by atoms with E-state index in [0.717, 1.165) is 31.0 Å². The summed E-state index contributed by atoms with van der Waals surface area (Å²) in [6.07, 6.45) is 5.42. The van der Waals surface area contributed by atoms with Gasteiger partial charge in [-0.05, 0) is 56.5 Å². The fourth-order valence-corrected chi connectivity index (χ4v) is 2.94. The van der Waals surface area contributed by atoms with E-state index in [4.69, 9.17) is 4.74 Å². The van der Waals surface area contributed by atoms with Crippen LogP contribution in [0.25, 0.3) is 0 Å². The van der Waals surface area contributed by atoms with Gasteiger partial charge in [0.2, 0.25) is 0 Å². The van der Waals surface area contributed by atoms with Crippen LogP contribution in [-0.4, -0.2) is 26.3 Å². The molecule has 0 aromatic heterocycles. The van der Waals surface area contributed by atoms with E-state index in [9.17, 15) is 0 Å². The lowest BCUT2D eigenvalue weighted by atomic mass is 9.76. The van der Waals surface area contributed by atoms with Crippen LogP contribution < -0.4 is 5.32 Å². The average molecular weight is 197 g/mol. The quantitative estimate of drug-likeness (QED) is 0.731. The SMILES string of the molecule is CC(C1CCNCC1)C1CCCOC1. The molecule has 2 unspecified atom stereocenters. The van der Waals surface area contributed by atoms with Crippen LogP contribution in [0.5, 0.6) is 0 Å². The molecule has 2 heterocycles. The second-order valence-electron chi connectivity index (χ2n) is 4.92. The monoisotopic (exact) mass is 197 g/mol. The third kappa shape index (κ3) is 2.48. The first-order valence-electron chi connectivity index (χ1n) is 6.16. The molecular formula is C12H23NO. The molecule has 0 spiro atoms. The molecule has 0 saturated carbocycles. The fourth-order valence-electron chi connectivity index (χ4n) is 2.94. The van der Waals surface area contributed by atoms with Gasteiger partial charge in [-0.25, -0.2) is 0 Å². The van der Waals surface area contributed by atoms with E-state index in [0.29, 0.717) is 0 Å². The Labute approximate surface area is 87.4 Å². The van der Waals surface area contributed by atoms with E-state index < -0.39 is 0 Å². The highest BCUT2D eigenvalue weighted by molar-refractivity contribution is 4.79. The average Bonchev–Trinajstić information content (AvgIpc) is 2.30. The molecule has 2 rings (SSSR count). The van der Waals surface area contributed by atoms with Gasteiger partial charge in [0.15, 0.2) is 0 Å². The first-order chi connectivity index (χ1) is 6.88. The summed E-state index contributed by atoms with van der Waals surface area (Å²) in [5.41, 5.74) is 0. The van der Waals surface area contributed by atoms with E-state index in [1.807, 2.05) is 0 Å². The van der Waals surface area contributed by atoms with Crippen molar-refractivity contribution in [2.45, 2.75) is 32.6 Å². The van der Waals surface area contributed by atoms with Gasteiger partial charge in [0.1, 0.15) is 0 Å². The molecular weight excluding hydrogens is 174 g/mol. The third-order valence-electron chi connectivity index (χ3n) is 4.07. The van der Waals surface area contributed by atoms with E-state index in [1.54, 1.807) is 0 Å². The molecule has 2 saturated heterocycles. The summed E-state index contributed by atoms with van der Waals surface area (Å²) in [7, 11) is 0. The molecule has 82 valence electrons. The molecule has 2 fully saturated rings. The molecule has 2 heteroatoms. The topological polar surface area (TPSA) is 21.3 Å². The van der Waals surface area contributed by atoms with Gasteiger partial charge in [0, 0.05) is 13.2 Å². The van der Waals surface area contributed by atoms with Crippen LogP contribution in [0.2, 0.25) is 0 Å². The Balaban J connectivity index is 1.82. The standard InChI is InChI=1S/C12H23NO/c1-10(11-4-6-13-7-5-11)12-3-2-8-14-9-12/h10-13H,2-9H2,1H3. The lowest BCUT2D eigenvalue weighted by Gasteiger charge is -2.35. The smallest absolute Gasteiger partial charge is 0.0496 e. The minimum atomic E-state index is 0.840. The van der Waals surface area contributed by atoms with Gasteiger partial charge in [0.05, 0.1) is 0 Å². The molecule has 14 heavy (non-hydrogen) atoms. The zero-order valence-electron chi connectivity index (χ0n) is 9.30. The Kier molecular flexibility index (Phi) is 3.82. The lowest BCUT2D eigenvalue weighted by molar-refractivity contribution is 0.0172. The van der Waals surface area contributed by atoms with Crippen molar-refractivity contribution in [2.24, 2.45) is 17.8 Å². The van der Waals surface area contributed by atoms with Gasteiger partial charge >= 0.3 is 0 Å². The summed E-state index contributed by atoms with van der Waals surface area (Å²) in [5.74, 6) is 2.66. The maximum absolute atomic E-state index is 5.58. The van der Waals surface area contributed by atoms with Gasteiger partial charge in [-0.15, -0.1) is 0 Å². The van der Waals surface area contributed by atoms with Gasteiger partial charge in [0.25, 0.3) is 0 Å². The molecule has 0 radical (unpaired) electrons. The van der Waals surface area contributed by atoms with Crippen LogP contribution in [-0.2, 0) is 4.74 Å². The number of hydrogen-bond acceptors (Lipinski definition) is 2. The Morgan fingerprint density at radius 2 is 1.93 bits per heavy atom. The second kappa shape index (κ2) is 5.13. The largest absolute Gasteiger partial charge is 0.381 e. The zero-order valence-corrected chi connectivity index (χ0v) is 9.30. The molecule has 2 atom stereocenters. The molecule has 0 aliphatic carbocycles. The maximum atomic E-state index is 5.58. The number of hydrogen-bond donors (Lipinski definition) is 1. The highest BCUT2D eigenvalue weighted by Gasteiger charge is 2.28. The van der Waals surface area contributed by atoms with Gasteiger partial charge < -0.3 is 10.1 Å². The van der Waals surface area contributed by atoms with Crippen LogP contribution in [0.1, 0.15) is 32.6 Å². The molecule has 2 nitrogen and oxygen atoms in total. The highest BCUT2D eigenvalue weighted by Crippen LogP contribution is 2.32. The Hall–Kier alpha value is -0.0800. The summed E-state index contributed by atoms with van der Waals surface area (Å²) in [6.45, 7) is 6.90. The second-order valence-corrected chi connectivity index (χ2v) is 4.92. The van der Waals surface area contributed by atoms with Crippen LogP contribution in [0.3, 0.4) is 0 Å². The van der Waals surface area contributed by atoms with Crippen molar-refractivity contribution in [1.29, 1.82) is 0 Å². The number of nitrogens with one attached hydrogen (secondary N) is 1. The minimum Gasteiger partial charge on any atom is -0.381 e. The number of rotatable bonds is 2. The van der Waals surface area contributed by atoms with Crippen LogP contribution in [0.4, 0.5) is 0 Å². The van der Waals surface area contributed by atoms with Crippen molar-refractivity contribution in [3.05, 3.63) is 0 Å². The third-order valence-corrected chi connectivity index (χ3v) is 4.07. The molecule has 0 amide bonds. The molecule has 0 aromatic carbocycles. The van der Waals surface area contributed by atoms with Crippen molar-refractivity contribution in [3.63, 3.8) is 0 Å². The fraction of sp³-hybridized carbons (Fsp3) is 1.00. The summed E-state index contributed by atoms with van der Waals surface area (Å²) >= 11 is 0. The Bertz CT molecular complexity index is 142. The van der Waals surface area contributed by atoms with Crippen molar-refractivity contribution in [3.8, 4) is 0 Å². The van der Waals surface area contributed by atoms with Crippen molar-refractivity contribution >= 4 is 0 Å².